The summed E-state index contributed by atoms with van der Waals surface area (Å²) in [6.07, 6.45) is 2.92. The van der Waals surface area contributed by atoms with Crippen LogP contribution in [0, 0.1) is 0 Å². The molecule has 2 heterocycles. The zero-order valence-corrected chi connectivity index (χ0v) is 9.74. The van der Waals surface area contributed by atoms with Crippen LogP contribution in [0.5, 0.6) is 0 Å². The van der Waals surface area contributed by atoms with E-state index < -0.39 is 0 Å². The quantitative estimate of drug-likeness (QED) is 0.700. The molecule has 0 spiro atoms. The van der Waals surface area contributed by atoms with Crippen LogP contribution >= 0.6 is 0 Å². The highest BCUT2D eigenvalue weighted by molar-refractivity contribution is 5.95. The van der Waals surface area contributed by atoms with Gasteiger partial charge in [0.05, 0.1) is 6.54 Å². The molecule has 0 aromatic rings. The molecule has 0 radical (unpaired) electrons. The van der Waals surface area contributed by atoms with E-state index >= 15 is 0 Å². The van der Waals surface area contributed by atoms with E-state index in [1.54, 1.807) is 9.80 Å². The smallest absolute Gasteiger partial charge is 0.245 e. The summed E-state index contributed by atoms with van der Waals surface area (Å²) in [7, 11) is 1.85. The van der Waals surface area contributed by atoms with Crippen LogP contribution in [-0.2, 0) is 9.59 Å². The number of nitrogens with zero attached hydrogens (tertiary/aromatic N) is 2. The molecule has 16 heavy (non-hydrogen) atoms. The van der Waals surface area contributed by atoms with Crippen molar-refractivity contribution in [1.82, 2.24) is 15.1 Å². The number of amides is 2. The number of hydrogen-bond donors (Lipinski definition) is 1. The third kappa shape index (κ3) is 2.04. The van der Waals surface area contributed by atoms with Gasteiger partial charge in [-0.25, -0.2) is 0 Å². The maximum absolute atomic E-state index is 12.1. The molecule has 0 aromatic carbocycles. The van der Waals surface area contributed by atoms with Gasteiger partial charge >= 0.3 is 0 Å². The van der Waals surface area contributed by atoms with Crippen molar-refractivity contribution in [3.63, 3.8) is 0 Å². The van der Waals surface area contributed by atoms with Crippen molar-refractivity contribution in [1.29, 1.82) is 0 Å². The largest absolute Gasteiger partial charge is 0.330 e. The Bertz CT molecular complexity index is 293. The van der Waals surface area contributed by atoms with E-state index in [9.17, 15) is 9.59 Å². The Morgan fingerprint density at radius 2 is 2.19 bits per heavy atom. The van der Waals surface area contributed by atoms with Gasteiger partial charge in [-0.2, -0.15) is 0 Å². The van der Waals surface area contributed by atoms with E-state index in [4.69, 9.17) is 0 Å². The molecule has 90 valence electrons. The first-order valence-corrected chi connectivity index (χ1v) is 5.97. The van der Waals surface area contributed by atoms with Gasteiger partial charge in [0.1, 0.15) is 6.04 Å². The van der Waals surface area contributed by atoms with Gasteiger partial charge in [0, 0.05) is 19.6 Å². The van der Waals surface area contributed by atoms with Gasteiger partial charge in [-0.3, -0.25) is 9.59 Å². The fraction of sp³-hybridized carbons (Fsp3) is 0.818. The molecule has 0 saturated carbocycles. The summed E-state index contributed by atoms with van der Waals surface area (Å²) in [5.41, 5.74) is 0. The van der Waals surface area contributed by atoms with Gasteiger partial charge in [0.25, 0.3) is 0 Å². The first kappa shape index (κ1) is 11.4. The molecule has 0 bridgehead atoms. The topological polar surface area (TPSA) is 52.7 Å². The number of rotatable bonds is 3. The Hall–Kier alpha value is -1.10. The molecule has 2 aliphatic rings. The maximum atomic E-state index is 12.1. The molecule has 2 amide bonds. The first-order chi connectivity index (χ1) is 7.74. The van der Waals surface area contributed by atoms with Gasteiger partial charge in [0.15, 0.2) is 0 Å². The van der Waals surface area contributed by atoms with Crippen LogP contribution in [0.25, 0.3) is 0 Å². The molecule has 5 nitrogen and oxygen atoms in total. The second-order valence-electron chi connectivity index (χ2n) is 4.46. The van der Waals surface area contributed by atoms with Crippen molar-refractivity contribution in [3.8, 4) is 0 Å². The van der Waals surface area contributed by atoms with Gasteiger partial charge in [-0.15, -0.1) is 0 Å². The lowest BCUT2D eigenvalue weighted by molar-refractivity contribution is -0.157. The summed E-state index contributed by atoms with van der Waals surface area (Å²) < 4.78 is 0. The van der Waals surface area contributed by atoms with Gasteiger partial charge in [-0.1, -0.05) is 0 Å². The molecule has 2 saturated heterocycles. The summed E-state index contributed by atoms with van der Waals surface area (Å²) in [5.74, 6) is 0.245. The Balaban J connectivity index is 2.04. The Kier molecular flexibility index (Phi) is 3.43. The van der Waals surface area contributed by atoms with E-state index in [-0.39, 0.29) is 24.4 Å². The van der Waals surface area contributed by atoms with Gasteiger partial charge < -0.3 is 15.1 Å². The van der Waals surface area contributed by atoms with Gasteiger partial charge in [-0.05, 0) is 26.3 Å². The van der Waals surface area contributed by atoms with Crippen molar-refractivity contribution in [2.24, 2.45) is 0 Å². The first-order valence-electron chi connectivity index (χ1n) is 5.97. The summed E-state index contributed by atoms with van der Waals surface area (Å²) in [5, 5.41) is 3.00. The third-order valence-corrected chi connectivity index (χ3v) is 3.38. The van der Waals surface area contributed by atoms with Crippen LogP contribution in [0.1, 0.15) is 19.3 Å². The predicted molar refractivity (Wildman–Crippen MR) is 59.9 cm³/mol. The van der Waals surface area contributed by atoms with Crippen LogP contribution in [0.3, 0.4) is 0 Å². The minimum atomic E-state index is -0.174. The fourth-order valence-corrected chi connectivity index (χ4v) is 2.47. The average Bonchev–Trinajstić information content (AvgIpc) is 2.32. The van der Waals surface area contributed by atoms with E-state index in [0.717, 1.165) is 32.4 Å². The molecule has 2 rings (SSSR count). The molecule has 0 aliphatic carbocycles. The second kappa shape index (κ2) is 4.82. The molecule has 0 aromatic heterocycles. The lowest BCUT2D eigenvalue weighted by atomic mass is 9.98. The number of likely N-dealkylation sites (N-methyl/N-ethyl adjacent to an activating group) is 1. The van der Waals surface area contributed by atoms with E-state index in [0.29, 0.717) is 6.54 Å². The summed E-state index contributed by atoms with van der Waals surface area (Å²) in [4.78, 5) is 27.4. The Labute approximate surface area is 95.8 Å². The van der Waals surface area contributed by atoms with Crippen molar-refractivity contribution in [2.45, 2.75) is 25.3 Å². The number of piperazine rings is 1. The third-order valence-electron chi connectivity index (χ3n) is 3.38. The van der Waals surface area contributed by atoms with Crippen molar-refractivity contribution >= 4 is 11.8 Å². The summed E-state index contributed by atoms with van der Waals surface area (Å²) in [6.45, 7) is 2.39. The van der Waals surface area contributed by atoms with E-state index in [1.807, 2.05) is 7.05 Å². The average molecular weight is 225 g/mol. The van der Waals surface area contributed by atoms with Crippen molar-refractivity contribution in [2.75, 3.05) is 33.2 Å². The molecule has 1 atom stereocenters. The minimum absolute atomic E-state index is 0.111. The number of fused-ring (bicyclic) bond motifs is 1. The Morgan fingerprint density at radius 1 is 1.38 bits per heavy atom. The SMILES string of the molecule is CNCCN1CC(=O)N2CCCCC2C1=O. The van der Waals surface area contributed by atoms with Crippen LogP contribution in [0.2, 0.25) is 0 Å². The maximum Gasteiger partial charge on any atom is 0.245 e. The molecule has 2 fully saturated rings. The normalized spacial score (nSPS) is 25.9. The van der Waals surface area contributed by atoms with Crippen LogP contribution in [0.4, 0.5) is 0 Å². The van der Waals surface area contributed by atoms with Crippen molar-refractivity contribution in [3.05, 3.63) is 0 Å². The van der Waals surface area contributed by atoms with Crippen LogP contribution < -0.4 is 5.32 Å². The van der Waals surface area contributed by atoms with Crippen molar-refractivity contribution < 1.29 is 9.59 Å². The monoisotopic (exact) mass is 225 g/mol. The fourth-order valence-electron chi connectivity index (χ4n) is 2.47. The lowest BCUT2D eigenvalue weighted by Crippen LogP contribution is -2.61. The highest BCUT2D eigenvalue weighted by atomic mass is 16.2. The molecule has 1 N–H and O–H groups in total. The van der Waals surface area contributed by atoms with E-state index in [1.165, 1.54) is 0 Å². The Morgan fingerprint density at radius 3 is 2.94 bits per heavy atom. The number of piperidine rings is 1. The number of carbonyl (C=O) groups excluding carboxylic acids is 2. The minimum Gasteiger partial charge on any atom is -0.330 e. The van der Waals surface area contributed by atoms with Crippen LogP contribution in [-0.4, -0.2) is 60.9 Å². The second-order valence-corrected chi connectivity index (χ2v) is 4.46. The molecule has 5 heteroatoms. The standard InChI is InChI=1S/C11H19N3O2/c1-12-5-7-13-8-10(15)14-6-3-2-4-9(14)11(13)16/h9,12H,2-8H2,1H3. The molecular weight excluding hydrogens is 206 g/mol. The summed E-state index contributed by atoms with van der Waals surface area (Å²) >= 11 is 0. The predicted octanol–water partition coefficient (Wildman–Crippen LogP) is -0.571. The molecular formula is C11H19N3O2. The lowest BCUT2D eigenvalue weighted by Gasteiger charge is -2.42. The number of hydrogen-bond acceptors (Lipinski definition) is 3. The van der Waals surface area contributed by atoms with Gasteiger partial charge in [0.2, 0.25) is 11.8 Å². The highest BCUT2D eigenvalue weighted by Gasteiger charge is 2.39. The highest BCUT2D eigenvalue weighted by Crippen LogP contribution is 2.22. The zero-order valence-electron chi connectivity index (χ0n) is 9.74. The number of nitrogens with one attached hydrogen (secondary N) is 1. The van der Waals surface area contributed by atoms with Crippen LogP contribution in [0.15, 0.2) is 0 Å². The molecule has 2 aliphatic heterocycles. The van der Waals surface area contributed by atoms with E-state index in [2.05, 4.69) is 5.32 Å². The number of carbonyl (C=O) groups is 2. The molecule has 1 unspecified atom stereocenters. The zero-order chi connectivity index (χ0) is 11.5. The summed E-state index contributed by atoms with van der Waals surface area (Å²) in [6, 6.07) is -0.174.